The van der Waals surface area contributed by atoms with Gasteiger partial charge < -0.3 is 5.21 Å². The van der Waals surface area contributed by atoms with Gasteiger partial charge in [0.15, 0.2) is 0 Å². The number of quaternary nitrogens is 1. The first-order valence-electron chi connectivity index (χ1n) is 3.40. The van der Waals surface area contributed by atoms with E-state index in [-0.39, 0.29) is 4.99 Å². The maximum atomic E-state index is 11.2. The van der Waals surface area contributed by atoms with Crippen molar-refractivity contribution in [3.63, 3.8) is 0 Å². The molecule has 0 bridgehead atoms. The minimum atomic E-state index is -2.42. The van der Waals surface area contributed by atoms with Crippen LogP contribution in [0.2, 0.25) is 0 Å². The highest BCUT2D eigenvalue weighted by molar-refractivity contribution is 7.72. The van der Waals surface area contributed by atoms with Crippen molar-refractivity contribution in [1.29, 1.82) is 0 Å². The van der Waals surface area contributed by atoms with Crippen LogP contribution in [0.25, 0.3) is 0 Å². The Bertz CT molecular complexity index is 381. The molecule has 12 heavy (non-hydrogen) atoms. The molecule has 1 aliphatic rings. The summed E-state index contributed by atoms with van der Waals surface area (Å²) in [6, 6.07) is 0. The first-order valence-corrected chi connectivity index (χ1v) is 4.47. The van der Waals surface area contributed by atoms with Crippen LogP contribution in [0.5, 0.6) is 0 Å². The third-order valence-corrected chi connectivity index (χ3v) is 2.23. The van der Waals surface area contributed by atoms with Gasteiger partial charge in [-0.15, -0.1) is 0 Å². The molecule has 0 saturated carbocycles. The molecule has 66 valence electrons. The molecule has 0 amide bonds. The Morgan fingerprint density at radius 1 is 1.33 bits per heavy atom. The largest absolute Gasteiger partial charge is 0.623 e. The zero-order valence-electron chi connectivity index (χ0n) is 6.79. The summed E-state index contributed by atoms with van der Waals surface area (Å²) in [6.07, 6.45) is 3.04. The second kappa shape index (κ2) is 3.22. The average Bonchev–Trinajstić information content (AvgIpc) is 1.96. The molecule has 0 aromatic carbocycles. The molecule has 0 spiro atoms. The molecule has 0 radical (unpaired) electrons. The molecule has 1 N–H and O–H groups in total. The van der Waals surface area contributed by atoms with Gasteiger partial charge >= 0.3 is 0 Å². The lowest BCUT2D eigenvalue weighted by Crippen LogP contribution is -3.08. The van der Waals surface area contributed by atoms with Crippen LogP contribution in [0, 0.1) is 5.21 Å². The van der Waals surface area contributed by atoms with E-state index in [4.69, 9.17) is 0 Å². The van der Waals surface area contributed by atoms with Gasteiger partial charge in [-0.3, -0.25) is 5.06 Å². The predicted molar refractivity (Wildman–Crippen MR) is 45.8 cm³/mol. The van der Waals surface area contributed by atoms with E-state index in [1.165, 1.54) is 6.08 Å². The monoisotopic (exact) mass is 187 g/mol. The van der Waals surface area contributed by atoms with Crippen LogP contribution in [-0.2, 0) is 10.3 Å². The summed E-state index contributed by atoms with van der Waals surface area (Å²) >= 11 is 0. The SMILES string of the molecule is CC1=CC(=S(=O)=O)[NH+]([O-])C(C)=C1. The Balaban J connectivity index is 3.30. The van der Waals surface area contributed by atoms with E-state index in [1.54, 1.807) is 19.9 Å². The van der Waals surface area contributed by atoms with Gasteiger partial charge in [0.25, 0.3) is 15.3 Å². The highest BCUT2D eigenvalue weighted by Gasteiger charge is 2.15. The maximum absolute atomic E-state index is 11.2. The lowest BCUT2D eigenvalue weighted by Gasteiger charge is -2.22. The Morgan fingerprint density at radius 2 is 1.92 bits per heavy atom. The van der Waals surface area contributed by atoms with E-state index in [2.05, 4.69) is 0 Å². The van der Waals surface area contributed by atoms with Crippen LogP contribution in [0.1, 0.15) is 13.8 Å². The summed E-state index contributed by atoms with van der Waals surface area (Å²) in [4.78, 5) is -0.146. The third-order valence-electron chi connectivity index (χ3n) is 1.56. The van der Waals surface area contributed by atoms with Crippen molar-refractivity contribution in [2.24, 2.45) is 0 Å². The first-order chi connectivity index (χ1) is 5.52. The van der Waals surface area contributed by atoms with Crippen LogP contribution >= 0.6 is 0 Å². The fourth-order valence-electron chi connectivity index (χ4n) is 1.04. The summed E-state index contributed by atoms with van der Waals surface area (Å²) in [5.74, 6) is 0. The highest BCUT2D eigenvalue weighted by atomic mass is 32.2. The molecule has 1 aliphatic heterocycles. The molecule has 1 atom stereocenters. The van der Waals surface area contributed by atoms with Gasteiger partial charge in [-0.25, -0.2) is 0 Å². The Hall–Kier alpha value is -0.910. The summed E-state index contributed by atoms with van der Waals surface area (Å²) < 4.78 is 21.1. The molecule has 0 aromatic heterocycles. The van der Waals surface area contributed by atoms with Gasteiger partial charge in [-0.2, -0.15) is 8.42 Å². The number of hydrogen-bond donors (Lipinski definition) is 1. The van der Waals surface area contributed by atoms with Gasteiger partial charge in [0.1, 0.15) is 5.70 Å². The number of nitrogens with one attached hydrogen (secondary N) is 1. The van der Waals surface area contributed by atoms with Crippen molar-refractivity contribution in [2.75, 3.05) is 0 Å². The summed E-state index contributed by atoms with van der Waals surface area (Å²) in [5, 5.41) is 10.8. The lowest BCUT2D eigenvalue weighted by atomic mass is 10.2. The minimum Gasteiger partial charge on any atom is -0.623 e. The normalized spacial score (nSPS) is 23.2. The van der Waals surface area contributed by atoms with E-state index >= 15 is 0 Å². The van der Waals surface area contributed by atoms with Gasteiger partial charge in [-0.05, 0) is 18.6 Å². The molecule has 4 nitrogen and oxygen atoms in total. The van der Waals surface area contributed by atoms with Crippen molar-refractivity contribution in [3.05, 3.63) is 28.6 Å². The maximum Gasteiger partial charge on any atom is 0.276 e. The van der Waals surface area contributed by atoms with Gasteiger partial charge in [-0.1, -0.05) is 0 Å². The zero-order chi connectivity index (χ0) is 9.30. The molecule has 0 aliphatic carbocycles. The van der Waals surface area contributed by atoms with E-state index < -0.39 is 15.4 Å². The second-order valence-corrected chi connectivity index (χ2v) is 3.55. The minimum absolute atomic E-state index is 0.146. The zero-order valence-corrected chi connectivity index (χ0v) is 7.60. The van der Waals surface area contributed by atoms with Crippen molar-refractivity contribution < 1.29 is 13.5 Å². The van der Waals surface area contributed by atoms with Gasteiger partial charge in [0.05, 0.1) is 0 Å². The van der Waals surface area contributed by atoms with Crippen molar-refractivity contribution in [1.82, 2.24) is 0 Å². The number of rotatable bonds is 0. The third kappa shape index (κ3) is 1.63. The highest BCUT2D eigenvalue weighted by Crippen LogP contribution is 2.00. The van der Waals surface area contributed by atoms with Gasteiger partial charge in [0.2, 0.25) is 0 Å². The standard InChI is InChI=1S/C7H9NO3S/c1-5-3-6(2)8(9)7(4-5)12(10)11/h3-4,8H,1-2H3. The van der Waals surface area contributed by atoms with Crippen LogP contribution in [0.4, 0.5) is 0 Å². The van der Waals surface area contributed by atoms with Crippen LogP contribution in [-0.4, -0.2) is 13.4 Å². The Labute approximate surface area is 71.9 Å². The van der Waals surface area contributed by atoms with Crippen molar-refractivity contribution >= 4 is 15.3 Å². The Kier molecular flexibility index (Phi) is 2.46. The summed E-state index contributed by atoms with van der Waals surface area (Å²) in [7, 11) is -2.42. The van der Waals surface area contributed by atoms with Gasteiger partial charge in [0, 0.05) is 13.0 Å². The van der Waals surface area contributed by atoms with Crippen molar-refractivity contribution in [2.45, 2.75) is 13.8 Å². The molecular formula is C7H9NO3S. The fraction of sp³-hybridized carbons (Fsp3) is 0.286. The number of allylic oxidation sites excluding steroid dienone is 3. The molecule has 5 heteroatoms. The van der Waals surface area contributed by atoms with E-state index in [0.29, 0.717) is 5.70 Å². The molecule has 1 heterocycles. The summed E-state index contributed by atoms with van der Waals surface area (Å²) in [6.45, 7) is 3.36. The van der Waals surface area contributed by atoms with Crippen LogP contribution in [0.15, 0.2) is 23.4 Å². The lowest BCUT2D eigenvalue weighted by molar-refractivity contribution is -0.697. The molecule has 0 saturated heterocycles. The van der Waals surface area contributed by atoms with E-state index in [0.717, 1.165) is 5.57 Å². The van der Waals surface area contributed by atoms with Crippen LogP contribution < -0.4 is 5.06 Å². The molecule has 1 unspecified atom stereocenters. The fourth-order valence-corrected chi connectivity index (χ4v) is 1.63. The molecule has 1 rings (SSSR count). The number of hydrogen-bond acceptors (Lipinski definition) is 3. The smallest absolute Gasteiger partial charge is 0.276 e. The van der Waals surface area contributed by atoms with Crippen molar-refractivity contribution in [3.8, 4) is 0 Å². The average molecular weight is 187 g/mol. The molecule has 0 fully saturated rings. The van der Waals surface area contributed by atoms with Crippen LogP contribution in [0.3, 0.4) is 0 Å². The van der Waals surface area contributed by atoms with E-state index in [1.807, 2.05) is 0 Å². The summed E-state index contributed by atoms with van der Waals surface area (Å²) in [5.41, 5.74) is 1.25. The topological polar surface area (TPSA) is 61.6 Å². The first kappa shape index (κ1) is 9.18. The molecular weight excluding hydrogens is 178 g/mol. The van der Waals surface area contributed by atoms with E-state index in [9.17, 15) is 13.6 Å². The quantitative estimate of drug-likeness (QED) is 0.400. The number of hydroxylamine groups is 2. The Morgan fingerprint density at radius 3 is 2.42 bits per heavy atom. The second-order valence-electron chi connectivity index (χ2n) is 2.64. The predicted octanol–water partition coefficient (Wildman–Crippen LogP) is -0.758. The molecule has 0 aromatic rings.